The smallest absolute Gasteiger partial charge is 0.118 e. The van der Waals surface area contributed by atoms with E-state index in [1.165, 1.54) is 5.56 Å². The van der Waals surface area contributed by atoms with Crippen LogP contribution in [0.5, 0.6) is 5.75 Å². The Bertz CT molecular complexity index is 891. The van der Waals surface area contributed by atoms with Gasteiger partial charge in [-0.15, -0.1) is 0 Å². The number of benzene rings is 1. The molecule has 1 aromatic carbocycles. The maximum atomic E-state index is 6.99. The van der Waals surface area contributed by atoms with Crippen LogP contribution in [0.2, 0.25) is 0 Å². The van der Waals surface area contributed by atoms with Gasteiger partial charge in [-0.25, -0.2) is 0 Å². The molecule has 3 aliphatic carbocycles. The van der Waals surface area contributed by atoms with Crippen LogP contribution in [0.25, 0.3) is 0 Å². The zero-order valence-corrected chi connectivity index (χ0v) is 21.5. The summed E-state index contributed by atoms with van der Waals surface area (Å²) in [6, 6.07) is 8.30. The maximum absolute atomic E-state index is 6.99. The lowest BCUT2D eigenvalue weighted by Crippen LogP contribution is -2.47. The van der Waals surface area contributed by atoms with Gasteiger partial charge in [0.25, 0.3) is 0 Å². The molecule has 3 fully saturated rings. The van der Waals surface area contributed by atoms with Crippen molar-refractivity contribution in [2.24, 2.45) is 34.5 Å². The minimum absolute atomic E-state index is 0.0196. The first kappa shape index (κ1) is 23.4. The SMILES string of the molecule is COc1ccc(CO[C@H]2[C@H]3C[C@@H](C)[C@H](OC)[C@H]3C[C@@]3(C)O[C@H]3C[C@H]3C(C)(C)C=C[C@@]23C)cc1. The normalized spacial score (nSPS) is 45.4. The van der Waals surface area contributed by atoms with E-state index in [9.17, 15) is 0 Å². The highest BCUT2D eigenvalue weighted by atomic mass is 16.6. The Hall–Kier alpha value is -1.36. The van der Waals surface area contributed by atoms with Crippen LogP contribution in [0.15, 0.2) is 36.4 Å². The molecule has 0 aromatic heterocycles. The Morgan fingerprint density at radius 2 is 1.70 bits per heavy atom. The highest BCUT2D eigenvalue weighted by Crippen LogP contribution is 2.63. The van der Waals surface area contributed by atoms with Crippen LogP contribution < -0.4 is 4.74 Å². The molecule has 1 aromatic rings. The number of ether oxygens (including phenoxy) is 4. The van der Waals surface area contributed by atoms with E-state index in [2.05, 4.69) is 58.9 Å². The van der Waals surface area contributed by atoms with Crippen molar-refractivity contribution < 1.29 is 18.9 Å². The number of rotatable bonds is 5. The monoisotopic (exact) mass is 454 g/mol. The van der Waals surface area contributed by atoms with Gasteiger partial charge in [0.15, 0.2) is 0 Å². The largest absolute Gasteiger partial charge is 0.497 e. The molecule has 1 heterocycles. The van der Waals surface area contributed by atoms with Crippen molar-refractivity contribution in [2.75, 3.05) is 14.2 Å². The van der Waals surface area contributed by atoms with Crippen LogP contribution in [-0.4, -0.2) is 38.1 Å². The van der Waals surface area contributed by atoms with Crippen LogP contribution in [0, 0.1) is 34.5 Å². The molecule has 5 rings (SSSR count). The van der Waals surface area contributed by atoms with Crippen molar-refractivity contribution in [1.29, 1.82) is 0 Å². The van der Waals surface area contributed by atoms with Crippen molar-refractivity contribution in [2.45, 2.75) is 84.4 Å². The molecule has 2 saturated carbocycles. The van der Waals surface area contributed by atoms with Crippen molar-refractivity contribution in [3.8, 4) is 5.75 Å². The molecule has 0 spiro atoms. The molecule has 4 heteroatoms. The summed E-state index contributed by atoms with van der Waals surface area (Å²) in [6.07, 6.45) is 9.01. The zero-order valence-electron chi connectivity index (χ0n) is 21.5. The average molecular weight is 455 g/mol. The van der Waals surface area contributed by atoms with Crippen molar-refractivity contribution in [3.05, 3.63) is 42.0 Å². The van der Waals surface area contributed by atoms with E-state index in [1.54, 1.807) is 7.11 Å². The second kappa shape index (κ2) is 8.10. The zero-order chi connectivity index (χ0) is 23.6. The van der Waals surface area contributed by atoms with Crippen LogP contribution >= 0.6 is 0 Å². The third-order valence-corrected chi connectivity index (χ3v) is 9.69. The molecule has 4 aliphatic rings. The lowest BCUT2D eigenvalue weighted by atomic mass is 9.62. The molecule has 182 valence electrons. The first-order valence-corrected chi connectivity index (χ1v) is 12.8. The number of hydrogen-bond donors (Lipinski definition) is 0. The van der Waals surface area contributed by atoms with Gasteiger partial charge in [-0.1, -0.05) is 52.0 Å². The van der Waals surface area contributed by atoms with Crippen molar-refractivity contribution >= 4 is 0 Å². The minimum atomic E-state index is -0.0293. The lowest BCUT2D eigenvalue weighted by molar-refractivity contribution is -0.106. The predicted octanol–water partition coefficient (Wildman–Crippen LogP) is 6.04. The van der Waals surface area contributed by atoms with Gasteiger partial charge in [0.2, 0.25) is 0 Å². The number of hydrogen-bond acceptors (Lipinski definition) is 4. The third-order valence-electron chi connectivity index (χ3n) is 9.69. The highest BCUT2D eigenvalue weighted by molar-refractivity contribution is 5.27. The van der Waals surface area contributed by atoms with Gasteiger partial charge >= 0.3 is 0 Å². The van der Waals surface area contributed by atoms with Gasteiger partial charge < -0.3 is 18.9 Å². The second-order valence-corrected chi connectivity index (χ2v) is 12.3. The summed E-state index contributed by atoms with van der Waals surface area (Å²) in [5, 5.41) is 0. The third kappa shape index (κ3) is 3.86. The molecule has 33 heavy (non-hydrogen) atoms. The molecule has 0 bridgehead atoms. The van der Waals surface area contributed by atoms with Crippen LogP contribution in [-0.2, 0) is 20.8 Å². The van der Waals surface area contributed by atoms with Crippen molar-refractivity contribution in [1.82, 2.24) is 0 Å². The fraction of sp³-hybridized carbons (Fsp3) is 0.724. The van der Waals surface area contributed by atoms with E-state index >= 15 is 0 Å². The molecule has 4 nitrogen and oxygen atoms in total. The van der Waals surface area contributed by atoms with Crippen molar-refractivity contribution in [3.63, 3.8) is 0 Å². The van der Waals surface area contributed by atoms with E-state index in [4.69, 9.17) is 18.9 Å². The fourth-order valence-electron chi connectivity index (χ4n) is 7.83. The highest BCUT2D eigenvalue weighted by Gasteiger charge is 2.64. The number of allylic oxidation sites excluding steroid dienone is 1. The summed E-state index contributed by atoms with van der Waals surface area (Å²) in [5.74, 6) is 2.81. The summed E-state index contributed by atoms with van der Waals surface area (Å²) >= 11 is 0. The second-order valence-electron chi connectivity index (χ2n) is 12.3. The van der Waals surface area contributed by atoms with Crippen LogP contribution in [0.4, 0.5) is 0 Å². The average Bonchev–Trinajstić information content (AvgIpc) is 3.22. The van der Waals surface area contributed by atoms with E-state index in [-0.39, 0.29) is 28.6 Å². The molecular formula is C29H42O4. The van der Waals surface area contributed by atoms with E-state index < -0.39 is 0 Å². The lowest BCUT2D eigenvalue weighted by Gasteiger charge is -2.46. The van der Waals surface area contributed by atoms with Crippen LogP contribution in [0.1, 0.15) is 59.4 Å². The molecule has 1 saturated heterocycles. The predicted molar refractivity (Wildman–Crippen MR) is 130 cm³/mol. The van der Waals surface area contributed by atoms with E-state index in [1.807, 2.05) is 19.2 Å². The summed E-state index contributed by atoms with van der Waals surface area (Å²) < 4.78 is 24.9. The van der Waals surface area contributed by atoms with Gasteiger partial charge in [-0.3, -0.25) is 0 Å². The Balaban J connectivity index is 1.51. The summed E-state index contributed by atoms with van der Waals surface area (Å²) in [4.78, 5) is 0. The summed E-state index contributed by atoms with van der Waals surface area (Å²) in [5.41, 5.74) is 1.28. The molecule has 1 aliphatic heterocycles. The Morgan fingerprint density at radius 3 is 2.36 bits per heavy atom. The molecule has 9 atom stereocenters. The van der Waals surface area contributed by atoms with Gasteiger partial charge in [0.1, 0.15) is 5.75 Å². The molecule has 0 radical (unpaired) electrons. The van der Waals surface area contributed by atoms with Crippen LogP contribution in [0.3, 0.4) is 0 Å². The Kier molecular flexibility index (Phi) is 5.74. The summed E-state index contributed by atoms with van der Waals surface area (Å²) in [6.45, 7) is 12.5. The number of fused-ring (bicyclic) bond motifs is 3. The first-order valence-electron chi connectivity index (χ1n) is 12.8. The molecule has 0 amide bonds. The van der Waals surface area contributed by atoms with Gasteiger partial charge in [0, 0.05) is 12.5 Å². The molecule has 0 unspecified atom stereocenters. The fourth-order valence-corrected chi connectivity index (χ4v) is 7.83. The van der Waals surface area contributed by atoms with Gasteiger partial charge in [0.05, 0.1) is 37.6 Å². The van der Waals surface area contributed by atoms with E-state index in [0.29, 0.717) is 36.4 Å². The summed E-state index contributed by atoms with van der Waals surface area (Å²) in [7, 11) is 3.60. The minimum Gasteiger partial charge on any atom is -0.497 e. The maximum Gasteiger partial charge on any atom is 0.118 e. The standard InChI is InChI=1S/C29H42O4/c1-18-14-21-22(25(18)31-7)16-29(5)24(33-29)15-23-27(2,3)12-13-28(23,4)26(21)32-17-19-8-10-20(30-6)11-9-19/h8-13,18,21-26H,14-17H2,1-7H3/t18-,21+,22+,23+,24+,25+,26+,28-,29-/m1/s1. The first-order chi connectivity index (χ1) is 15.6. The van der Waals surface area contributed by atoms with Gasteiger partial charge in [-0.05, 0) is 73.0 Å². The topological polar surface area (TPSA) is 40.2 Å². The molecular weight excluding hydrogens is 412 g/mol. The Labute approximate surface area is 200 Å². The number of epoxide rings is 1. The Morgan fingerprint density at radius 1 is 0.970 bits per heavy atom. The quantitative estimate of drug-likeness (QED) is 0.402. The molecule has 0 N–H and O–H groups in total. The number of methoxy groups -OCH3 is 2. The van der Waals surface area contributed by atoms with Gasteiger partial charge in [-0.2, -0.15) is 0 Å². The van der Waals surface area contributed by atoms with E-state index in [0.717, 1.165) is 25.0 Å².